The van der Waals surface area contributed by atoms with E-state index in [9.17, 15) is 9.59 Å². The first-order valence-corrected chi connectivity index (χ1v) is 9.32. The Bertz CT molecular complexity index is 1020. The van der Waals surface area contributed by atoms with E-state index in [1.165, 1.54) is 4.68 Å². The summed E-state index contributed by atoms with van der Waals surface area (Å²) >= 11 is 0. The van der Waals surface area contributed by atoms with E-state index < -0.39 is 5.97 Å². The molecule has 28 heavy (non-hydrogen) atoms. The number of fused-ring (bicyclic) bond motifs is 1. The quantitative estimate of drug-likeness (QED) is 0.463. The van der Waals surface area contributed by atoms with Crippen molar-refractivity contribution in [3.05, 3.63) is 70.1 Å². The van der Waals surface area contributed by atoms with E-state index >= 15 is 0 Å². The minimum Gasteiger partial charge on any atom is -0.490 e. The fourth-order valence-corrected chi connectivity index (χ4v) is 2.85. The highest BCUT2D eigenvalue weighted by atomic mass is 16.6. The van der Waals surface area contributed by atoms with Gasteiger partial charge in [-0.15, -0.1) is 0 Å². The van der Waals surface area contributed by atoms with Gasteiger partial charge in [0.25, 0.3) is 5.56 Å². The smallest absolute Gasteiger partial charge is 0.359 e. The minimum atomic E-state index is -0.568. The van der Waals surface area contributed by atoms with Gasteiger partial charge in [0, 0.05) is 11.9 Å². The molecule has 1 heterocycles. The average Bonchev–Trinajstić information content (AvgIpc) is 2.68. The summed E-state index contributed by atoms with van der Waals surface area (Å²) in [6.45, 7) is 6.74. The van der Waals surface area contributed by atoms with E-state index in [4.69, 9.17) is 9.47 Å². The van der Waals surface area contributed by atoms with Gasteiger partial charge in [0.2, 0.25) is 0 Å². The molecule has 0 bridgehead atoms. The first-order valence-electron chi connectivity index (χ1n) is 9.32. The molecule has 0 aliphatic rings. The molecule has 0 aliphatic carbocycles. The van der Waals surface area contributed by atoms with Gasteiger partial charge in [0.1, 0.15) is 19.0 Å². The van der Waals surface area contributed by atoms with Crippen molar-refractivity contribution in [2.45, 2.75) is 27.3 Å². The number of rotatable bonds is 7. The summed E-state index contributed by atoms with van der Waals surface area (Å²) in [5, 5.41) is 5.23. The second kappa shape index (κ2) is 8.69. The zero-order valence-corrected chi connectivity index (χ0v) is 16.3. The van der Waals surface area contributed by atoms with Crippen molar-refractivity contribution in [1.82, 2.24) is 9.78 Å². The van der Waals surface area contributed by atoms with Crippen molar-refractivity contribution >= 4 is 16.7 Å². The maximum absolute atomic E-state index is 12.6. The summed E-state index contributed by atoms with van der Waals surface area (Å²) in [4.78, 5) is 25.2. The van der Waals surface area contributed by atoms with Crippen molar-refractivity contribution in [2.75, 3.05) is 13.2 Å². The summed E-state index contributed by atoms with van der Waals surface area (Å²) < 4.78 is 12.3. The van der Waals surface area contributed by atoms with Crippen LogP contribution in [-0.4, -0.2) is 29.0 Å². The number of aromatic nitrogens is 2. The van der Waals surface area contributed by atoms with Crippen LogP contribution in [0.15, 0.2) is 53.3 Å². The predicted molar refractivity (Wildman–Crippen MR) is 108 cm³/mol. The molecule has 0 aliphatic heterocycles. The Morgan fingerprint density at radius 1 is 1.04 bits per heavy atom. The lowest BCUT2D eigenvalue weighted by molar-refractivity contribution is 0.0443. The molecule has 0 saturated carbocycles. The third-order valence-electron chi connectivity index (χ3n) is 4.21. The van der Waals surface area contributed by atoms with Crippen LogP contribution in [-0.2, 0) is 11.3 Å². The maximum Gasteiger partial charge on any atom is 0.359 e. The summed E-state index contributed by atoms with van der Waals surface area (Å²) in [7, 11) is 0. The number of carbonyl (C=O) groups excluding carboxylic acids is 1. The fourth-order valence-electron chi connectivity index (χ4n) is 2.85. The third-order valence-corrected chi connectivity index (χ3v) is 4.21. The SMILES string of the molecule is Cc1ccc(OCCOC(=O)c2nn(CC(C)C)c(=O)c3ccccc23)cc1. The number of hydrogen-bond acceptors (Lipinski definition) is 5. The number of nitrogens with zero attached hydrogens (tertiary/aromatic N) is 2. The van der Waals surface area contributed by atoms with Crippen molar-refractivity contribution in [1.29, 1.82) is 0 Å². The van der Waals surface area contributed by atoms with Crippen molar-refractivity contribution in [2.24, 2.45) is 5.92 Å². The first kappa shape index (κ1) is 19.6. The number of benzene rings is 2. The lowest BCUT2D eigenvalue weighted by atomic mass is 10.1. The Balaban J connectivity index is 1.74. The zero-order chi connectivity index (χ0) is 20.1. The Morgan fingerprint density at radius 3 is 2.39 bits per heavy atom. The van der Waals surface area contributed by atoms with Crippen LogP contribution in [0.4, 0.5) is 0 Å². The van der Waals surface area contributed by atoms with Crippen LogP contribution in [0.5, 0.6) is 5.75 Å². The molecular formula is C22H24N2O4. The van der Waals surface area contributed by atoms with Crippen molar-refractivity contribution in [3.63, 3.8) is 0 Å². The van der Waals surface area contributed by atoms with Crippen LogP contribution < -0.4 is 10.3 Å². The highest BCUT2D eigenvalue weighted by Crippen LogP contribution is 2.15. The van der Waals surface area contributed by atoms with Crippen molar-refractivity contribution in [3.8, 4) is 5.75 Å². The molecule has 0 amide bonds. The molecule has 6 nitrogen and oxygen atoms in total. The Kier molecular flexibility index (Phi) is 6.09. The van der Waals surface area contributed by atoms with E-state index in [2.05, 4.69) is 5.10 Å². The molecular weight excluding hydrogens is 356 g/mol. The number of aryl methyl sites for hydroxylation is 1. The van der Waals surface area contributed by atoms with Gasteiger partial charge in [0.15, 0.2) is 5.69 Å². The van der Waals surface area contributed by atoms with E-state index in [0.29, 0.717) is 17.3 Å². The highest BCUT2D eigenvalue weighted by Gasteiger charge is 2.18. The lowest BCUT2D eigenvalue weighted by Gasteiger charge is -2.12. The molecule has 6 heteroatoms. The van der Waals surface area contributed by atoms with Gasteiger partial charge < -0.3 is 9.47 Å². The van der Waals surface area contributed by atoms with Gasteiger partial charge in [-0.3, -0.25) is 4.79 Å². The Labute approximate surface area is 163 Å². The van der Waals surface area contributed by atoms with Gasteiger partial charge in [-0.05, 0) is 31.0 Å². The first-order chi connectivity index (χ1) is 13.5. The normalized spacial score (nSPS) is 11.0. The van der Waals surface area contributed by atoms with E-state index in [1.54, 1.807) is 24.3 Å². The lowest BCUT2D eigenvalue weighted by Crippen LogP contribution is -2.28. The molecule has 0 saturated heterocycles. The summed E-state index contributed by atoms with van der Waals surface area (Å²) in [6.07, 6.45) is 0. The summed E-state index contributed by atoms with van der Waals surface area (Å²) in [5.41, 5.74) is 1.09. The minimum absolute atomic E-state index is 0.0893. The number of esters is 1. The van der Waals surface area contributed by atoms with Crippen LogP contribution in [0.2, 0.25) is 0 Å². The van der Waals surface area contributed by atoms with E-state index in [1.807, 2.05) is 45.0 Å². The van der Waals surface area contributed by atoms with Gasteiger partial charge in [-0.25, -0.2) is 9.48 Å². The molecule has 3 rings (SSSR count). The molecule has 0 atom stereocenters. The second-order valence-corrected chi connectivity index (χ2v) is 7.07. The predicted octanol–water partition coefficient (Wildman–Crippen LogP) is 3.60. The van der Waals surface area contributed by atoms with E-state index in [-0.39, 0.29) is 30.4 Å². The largest absolute Gasteiger partial charge is 0.490 e. The molecule has 2 aromatic carbocycles. The molecule has 0 fully saturated rings. The number of ether oxygens (including phenoxy) is 2. The summed E-state index contributed by atoms with van der Waals surface area (Å²) in [6, 6.07) is 14.6. The van der Waals surface area contributed by atoms with Crippen LogP contribution in [0, 0.1) is 12.8 Å². The zero-order valence-electron chi connectivity index (χ0n) is 16.3. The Hall–Kier alpha value is -3.15. The number of hydrogen-bond donors (Lipinski definition) is 0. The molecule has 0 unspecified atom stereocenters. The van der Waals surface area contributed by atoms with Gasteiger partial charge in [0.05, 0.1) is 5.39 Å². The maximum atomic E-state index is 12.6. The third kappa shape index (κ3) is 4.57. The van der Waals surface area contributed by atoms with Crippen molar-refractivity contribution < 1.29 is 14.3 Å². The van der Waals surface area contributed by atoms with Crippen LogP contribution in [0.3, 0.4) is 0 Å². The highest BCUT2D eigenvalue weighted by molar-refractivity contribution is 6.02. The van der Waals surface area contributed by atoms with Crippen LogP contribution in [0.1, 0.15) is 29.9 Å². The average molecular weight is 380 g/mol. The molecule has 0 spiro atoms. The Morgan fingerprint density at radius 2 is 1.71 bits per heavy atom. The van der Waals surface area contributed by atoms with E-state index in [0.717, 1.165) is 11.3 Å². The molecule has 0 radical (unpaired) electrons. The summed E-state index contributed by atoms with van der Waals surface area (Å²) in [5.74, 6) is 0.370. The monoisotopic (exact) mass is 380 g/mol. The van der Waals surface area contributed by atoms with Gasteiger partial charge >= 0.3 is 5.97 Å². The molecule has 1 aromatic heterocycles. The second-order valence-electron chi connectivity index (χ2n) is 7.07. The van der Waals surface area contributed by atoms with Gasteiger partial charge in [-0.2, -0.15) is 5.10 Å². The molecule has 3 aromatic rings. The molecule has 0 N–H and O–H groups in total. The van der Waals surface area contributed by atoms with Crippen LogP contribution >= 0.6 is 0 Å². The van der Waals surface area contributed by atoms with Gasteiger partial charge in [-0.1, -0.05) is 49.7 Å². The standard InChI is InChI=1S/C22H24N2O4/c1-15(2)14-24-21(25)19-7-5-4-6-18(19)20(23-24)22(26)28-13-12-27-17-10-8-16(3)9-11-17/h4-11,15H,12-14H2,1-3H3. The van der Waals surface area contributed by atoms with Crippen LogP contribution in [0.25, 0.3) is 10.8 Å². The fraction of sp³-hybridized carbons (Fsp3) is 0.318. The molecule has 146 valence electrons. The number of carbonyl (C=O) groups is 1. The topological polar surface area (TPSA) is 70.4 Å².